The Balaban J connectivity index is 1.71. The van der Waals surface area contributed by atoms with Gasteiger partial charge in [0, 0.05) is 48.8 Å². The van der Waals surface area contributed by atoms with Gasteiger partial charge in [-0.2, -0.15) is 13.2 Å². The van der Waals surface area contributed by atoms with Crippen LogP contribution in [0.25, 0.3) is 0 Å². The van der Waals surface area contributed by atoms with Crippen LogP contribution < -0.4 is 10.6 Å². The van der Waals surface area contributed by atoms with Gasteiger partial charge >= 0.3 is 6.18 Å². The highest BCUT2D eigenvalue weighted by molar-refractivity contribution is 6.31. The minimum absolute atomic E-state index is 0.0622. The summed E-state index contributed by atoms with van der Waals surface area (Å²) in [6.45, 7) is 0.159. The number of alkyl halides is 3. The van der Waals surface area contributed by atoms with Crippen LogP contribution in [0.2, 0.25) is 5.02 Å². The van der Waals surface area contributed by atoms with Gasteiger partial charge in [-0.05, 0) is 62.7 Å². The van der Waals surface area contributed by atoms with Crippen molar-refractivity contribution in [1.29, 1.82) is 0 Å². The lowest BCUT2D eigenvalue weighted by Gasteiger charge is -2.30. The molecule has 196 valence electrons. The van der Waals surface area contributed by atoms with Gasteiger partial charge in [0.15, 0.2) is 0 Å². The lowest BCUT2D eigenvalue weighted by atomic mass is 9.80. The maximum atomic E-state index is 13.9. The lowest BCUT2D eigenvalue weighted by molar-refractivity contribution is -0.194. The Morgan fingerprint density at radius 1 is 1.19 bits per heavy atom. The molecule has 1 unspecified atom stereocenters. The largest absolute Gasteiger partial charge is 0.395 e. The van der Waals surface area contributed by atoms with Gasteiger partial charge < -0.3 is 15.5 Å². The summed E-state index contributed by atoms with van der Waals surface area (Å²) in [4.78, 5) is 30.2. The molecule has 0 radical (unpaired) electrons. The zero-order valence-corrected chi connectivity index (χ0v) is 21.0. The first-order chi connectivity index (χ1) is 16.9. The Morgan fingerprint density at radius 3 is 2.42 bits per heavy atom. The van der Waals surface area contributed by atoms with Gasteiger partial charge in [-0.15, -0.1) is 0 Å². The normalized spacial score (nSPS) is 16.4. The third-order valence-corrected chi connectivity index (χ3v) is 7.15. The van der Waals surface area contributed by atoms with Crippen molar-refractivity contribution in [2.75, 3.05) is 27.7 Å². The fourth-order valence-electron chi connectivity index (χ4n) is 4.39. The lowest BCUT2D eigenvalue weighted by Crippen LogP contribution is -2.42. The monoisotopic (exact) mass is 528 g/mol. The standard InChI is InChI=1S/C25H29ClF4N4O2/c1-31-23(36)16-5-4-15(21(26)10-16)9-19(34(2)3)14-33-22(35)11-20(17-8-18(27)13-32-12-17)24(6-7-24)25(28,29)30/h4-5,8,10,12-13,19-20H,6-7,9,11,14H2,1-3H3,(H,31,36)(H,33,35)/t19-,20?/m0/s1. The molecule has 2 N–H and O–H groups in total. The number of hydrogen-bond acceptors (Lipinski definition) is 4. The molecule has 1 heterocycles. The number of nitrogens with zero attached hydrogens (tertiary/aromatic N) is 2. The molecule has 1 aromatic heterocycles. The summed E-state index contributed by atoms with van der Waals surface area (Å²) in [6, 6.07) is 5.74. The molecule has 0 aliphatic heterocycles. The molecule has 6 nitrogen and oxygen atoms in total. The van der Waals surface area contributed by atoms with Crippen molar-refractivity contribution in [3.8, 4) is 0 Å². The number of nitrogens with one attached hydrogen (secondary N) is 2. The van der Waals surface area contributed by atoms with Crippen molar-refractivity contribution in [2.45, 2.75) is 43.8 Å². The Bertz CT molecular complexity index is 1110. The molecule has 2 amide bonds. The summed E-state index contributed by atoms with van der Waals surface area (Å²) in [7, 11) is 5.14. The van der Waals surface area contributed by atoms with Gasteiger partial charge in [-0.25, -0.2) is 4.39 Å². The number of halogens is 5. The molecular formula is C25H29ClF4N4O2. The first-order valence-corrected chi connectivity index (χ1v) is 11.9. The highest BCUT2D eigenvalue weighted by Crippen LogP contribution is 2.66. The number of likely N-dealkylation sites (N-methyl/N-ethyl adjacent to an activating group) is 1. The van der Waals surface area contributed by atoms with Crippen LogP contribution in [0.5, 0.6) is 0 Å². The van der Waals surface area contributed by atoms with Crippen LogP contribution in [0.4, 0.5) is 17.6 Å². The van der Waals surface area contributed by atoms with E-state index in [4.69, 9.17) is 11.6 Å². The first kappa shape index (κ1) is 27.9. The van der Waals surface area contributed by atoms with Crippen molar-refractivity contribution in [2.24, 2.45) is 5.41 Å². The molecule has 2 atom stereocenters. The molecule has 1 fully saturated rings. The second-order valence-corrected chi connectivity index (χ2v) is 9.77. The quantitative estimate of drug-likeness (QED) is 0.450. The summed E-state index contributed by atoms with van der Waals surface area (Å²) < 4.78 is 55.4. The fourth-order valence-corrected chi connectivity index (χ4v) is 4.65. The van der Waals surface area contributed by atoms with Crippen LogP contribution in [0.3, 0.4) is 0 Å². The van der Waals surface area contributed by atoms with E-state index in [2.05, 4.69) is 15.6 Å². The summed E-state index contributed by atoms with van der Waals surface area (Å²) in [5.74, 6) is -2.81. The summed E-state index contributed by atoms with van der Waals surface area (Å²) in [5, 5.41) is 5.66. The predicted molar refractivity (Wildman–Crippen MR) is 128 cm³/mol. The van der Waals surface area contributed by atoms with Gasteiger partial charge in [-0.1, -0.05) is 17.7 Å². The van der Waals surface area contributed by atoms with Crippen LogP contribution in [0.1, 0.15) is 46.7 Å². The molecule has 0 spiro atoms. The molecule has 1 aliphatic rings. The third-order valence-electron chi connectivity index (χ3n) is 6.80. The van der Waals surface area contributed by atoms with Gasteiger partial charge in [-0.3, -0.25) is 14.6 Å². The van der Waals surface area contributed by atoms with Crippen molar-refractivity contribution in [3.05, 3.63) is 64.2 Å². The Hall–Kier alpha value is -2.72. The number of carbonyl (C=O) groups is 2. The van der Waals surface area contributed by atoms with Crippen LogP contribution in [0, 0.1) is 11.2 Å². The Morgan fingerprint density at radius 2 is 1.89 bits per heavy atom. The third kappa shape index (κ3) is 6.34. The average Bonchev–Trinajstić information content (AvgIpc) is 3.62. The number of carbonyl (C=O) groups excluding carboxylic acids is 2. The van der Waals surface area contributed by atoms with E-state index in [9.17, 15) is 27.2 Å². The number of aromatic nitrogens is 1. The maximum absolute atomic E-state index is 13.9. The van der Waals surface area contributed by atoms with E-state index in [1.807, 2.05) is 19.0 Å². The number of pyridine rings is 1. The number of amides is 2. The second kappa shape index (κ2) is 11.1. The van der Waals surface area contributed by atoms with Crippen molar-refractivity contribution < 1.29 is 27.2 Å². The minimum atomic E-state index is -4.52. The summed E-state index contributed by atoms with van der Waals surface area (Å²) in [5.41, 5.74) is -0.819. The topological polar surface area (TPSA) is 74.3 Å². The molecule has 1 saturated carbocycles. The van der Waals surface area contributed by atoms with E-state index in [-0.39, 0.29) is 36.9 Å². The summed E-state index contributed by atoms with van der Waals surface area (Å²) in [6.07, 6.45) is -2.64. The van der Waals surface area contributed by atoms with Crippen molar-refractivity contribution in [3.63, 3.8) is 0 Å². The van der Waals surface area contributed by atoms with Gasteiger partial charge in [0.25, 0.3) is 5.91 Å². The summed E-state index contributed by atoms with van der Waals surface area (Å²) >= 11 is 6.36. The zero-order valence-electron chi connectivity index (χ0n) is 20.3. The highest BCUT2D eigenvalue weighted by atomic mass is 35.5. The minimum Gasteiger partial charge on any atom is -0.355 e. The highest BCUT2D eigenvalue weighted by Gasteiger charge is 2.67. The van der Waals surface area contributed by atoms with Gasteiger partial charge in [0.05, 0.1) is 11.6 Å². The number of rotatable bonds is 10. The van der Waals surface area contributed by atoms with Crippen LogP contribution in [-0.4, -0.2) is 61.6 Å². The molecule has 2 aromatic rings. The van der Waals surface area contributed by atoms with Crippen molar-refractivity contribution >= 4 is 23.4 Å². The predicted octanol–water partition coefficient (Wildman–Crippen LogP) is 4.34. The van der Waals surface area contributed by atoms with E-state index < -0.39 is 35.7 Å². The van der Waals surface area contributed by atoms with E-state index in [1.54, 1.807) is 18.2 Å². The number of hydrogen-bond donors (Lipinski definition) is 2. The van der Waals surface area contributed by atoms with Crippen LogP contribution in [0.15, 0.2) is 36.7 Å². The van der Waals surface area contributed by atoms with E-state index in [1.165, 1.54) is 13.2 Å². The SMILES string of the molecule is CNC(=O)c1ccc(C[C@@H](CNC(=O)CC(c2cncc(F)c2)C2(C(F)(F)F)CC2)N(C)C)c(Cl)c1. The fraction of sp³-hybridized carbons (Fsp3) is 0.480. The van der Waals surface area contributed by atoms with Crippen LogP contribution >= 0.6 is 11.6 Å². The number of benzene rings is 1. The van der Waals surface area contributed by atoms with Crippen LogP contribution in [-0.2, 0) is 11.2 Å². The molecule has 0 bridgehead atoms. The second-order valence-electron chi connectivity index (χ2n) is 9.36. The molecule has 1 aliphatic carbocycles. The van der Waals surface area contributed by atoms with Crippen molar-refractivity contribution in [1.82, 2.24) is 20.5 Å². The zero-order chi connectivity index (χ0) is 26.7. The molecule has 0 saturated heterocycles. The Labute approximate surface area is 212 Å². The van der Waals surface area contributed by atoms with E-state index >= 15 is 0 Å². The van der Waals surface area contributed by atoms with E-state index in [0.717, 1.165) is 17.8 Å². The van der Waals surface area contributed by atoms with E-state index in [0.29, 0.717) is 17.0 Å². The molecule has 11 heteroatoms. The van der Waals surface area contributed by atoms with Gasteiger partial charge in [0.1, 0.15) is 5.82 Å². The smallest absolute Gasteiger partial charge is 0.355 e. The molecule has 1 aromatic carbocycles. The molecule has 3 rings (SSSR count). The first-order valence-electron chi connectivity index (χ1n) is 11.5. The average molecular weight is 529 g/mol. The van der Waals surface area contributed by atoms with Gasteiger partial charge in [0.2, 0.25) is 5.91 Å². The molecule has 36 heavy (non-hydrogen) atoms. The Kier molecular flexibility index (Phi) is 8.61. The maximum Gasteiger partial charge on any atom is 0.395 e. The molecular weight excluding hydrogens is 500 g/mol.